The van der Waals surface area contributed by atoms with E-state index >= 15 is 0 Å². The number of hydrogen-bond acceptors (Lipinski definition) is 5. The molecule has 0 aliphatic carbocycles. The lowest BCUT2D eigenvalue weighted by Crippen LogP contribution is -2.62. The molecule has 0 bridgehead atoms. The van der Waals surface area contributed by atoms with E-state index in [2.05, 4.69) is 23.6 Å². The molecule has 6 heteroatoms. The molecule has 1 rings (SSSR count). The van der Waals surface area contributed by atoms with Gasteiger partial charge in [0, 0.05) is 20.1 Å². The highest BCUT2D eigenvalue weighted by Gasteiger charge is 2.47. The van der Waals surface area contributed by atoms with Gasteiger partial charge in [-0.2, -0.15) is 0 Å². The second-order valence-corrected chi connectivity index (χ2v) is 8.14. The molecule has 1 amide bonds. The molecule has 1 heterocycles. The largest absolute Gasteiger partial charge is 0.464 e. The third-order valence-electron chi connectivity index (χ3n) is 5.23. The van der Waals surface area contributed by atoms with Gasteiger partial charge >= 0.3 is 5.97 Å². The summed E-state index contributed by atoms with van der Waals surface area (Å²) in [6.45, 7) is 12.1. The number of ether oxygens (including phenoxy) is 2. The zero-order chi connectivity index (χ0) is 20.6. The van der Waals surface area contributed by atoms with Crippen molar-refractivity contribution < 1.29 is 19.1 Å². The molecule has 1 aliphatic rings. The van der Waals surface area contributed by atoms with Crippen molar-refractivity contribution in [2.45, 2.75) is 84.5 Å². The number of nitrogens with one attached hydrogen (secondary N) is 2. The lowest BCUT2D eigenvalue weighted by Gasteiger charge is -2.41. The van der Waals surface area contributed by atoms with E-state index in [9.17, 15) is 9.59 Å². The van der Waals surface area contributed by atoms with Crippen molar-refractivity contribution in [3.05, 3.63) is 12.2 Å². The summed E-state index contributed by atoms with van der Waals surface area (Å²) in [7, 11) is 1.68. The summed E-state index contributed by atoms with van der Waals surface area (Å²) in [5, 5.41) is 6.52. The van der Waals surface area contributed by atoms with Crippen molar-refractivity contribution in [2.24, 2.45) is 11.8 Å². The number of methoxy groups -OCH3 is 1. The maximum absolute atomic E-state index is 12.5. The van der Waals surface area contributed by atoms with E-state index in [1.807, 2.05) is 33.8 Å². The molecular formula is C21H38N2O4. The van der Waals surface area contributed by atoms with Gasteiger partial charge in [-0.15, -0.1) is 0 Å². The van der Waals surface area contributed by atoms with Crippen molar-refractivity contribution in [1.29, 1.82) is 0 Å². The number of amides is 1. The summed E-state index contributed by atoms with van der Waals surface area (Å²) in [5.74, 6) is 0.0730. The van der Waals surface area contributed by atoms with Gasteiger partial charge in [-0.05, 0) is 38.5 Å². The summed E-state index contributed by atoms with van der Waals surface area (Å²) in [6.07, 6.45) is 6.48. The molecule has 27 heavy (non-hydrogen) atoms. The summed E-state index contributed by atoms with van der Waals surface area (Å²) >= 11 is 0. The van der Waals surface area contributed by atoms with Crippen LogP contribution in [0.25, 0.3) is 0 Å². The van der Waals surface area contributed by atoms with Crippen LogP contribution in [0.2, 0.25) is 0 Å². The first kappa shape index (κ1) is 23.6. The number of allylic oxidation sites excluding steroid dienone is 1. The quantitative estimate of drug-likeness (QED) is 0.449. The normalized spacial score (nSPS) is 26.1. The van der Waals surface area contributed by atoms with Crippen LogP contribution in [0.4, 0.5) is 0 Å². The van der Waals surface area contributed by atoms with Gasteiger partial charge in [0.25, 0.3) is 0 Å². The fraction of sp³-hybridized carbons (Fsp3) is 0.810. The van der Waals surface area contributed by atoms with E-state index in [4.69, 9.17) is 9.47 Å². The third-order valence-corrected chi connectivity index (χ3v) is 5.23. The second-order valence-electron chi connectivity index (χ2n) is 8.14. The van der Waals surface area contributed by atoms with Crippen molar-refractivity contribution in [3.63, 3.8) is 0 Å². The lowest BCUT2D eigenvalue weighted by molar-refractivity contribution is -0.147. The zero-order valence-corrected chi connectivity index (χ0v) is 18.0. The number of esters is 1. The van der Waals surface area contributed by atoms with E-state index in [0.29, 0.717) is 18.9 Å². The molecular weight excluding hydrogens is 344 g/mol. The molecule has 0 spiro atoms. The maximum Gasteiger partial charge on any atom is 0.323 e. The van der Waals surface area contributed by atoms with Gasteiger partial charge in [-0.3, -0.25) is 14.9 Å². The summed E-state index contributed by atoms with van der Waals surface area (Å²) in [6, 6.07) is -0.754. The standard InChI is InChI=1S/C21H38N2O4/c1-8-10-16-12-17(20(25)27-13-14(3)4)23-18(16)19(22-15(5)24)21(6,26-7)11-9-2/h8,10,14,16-19,23H,9,11-13H2,1-7H3,(H,22,24)/t16-,17+,18-,19-,21+/m1/s1. The van der Waals surface area contributed by atoms with Crippen molar-refractivity contribution >= 4 is 11.9 Å². The molecule has 0 aromatic carbocycles. The molecule has 2 N–H and O–H groups in total. The van der Waals surface area contributed by atoms with E-state index < -0.39 is 5.60 Å². The predicted octanol–water partition coefficient (Wildman–Crippen LogP) is 2.82. The van der Waals surface area contributed by atoms with Crippen LogP contribution in [0.5, 0.6) is 0 Å². The first-order valence-corrected chi connectivity index (χ1v) is 10.1. The van der Waals surface area contributed by atoms with E-state index in [1.54, 1.807) is 7.11 Å². The average Bonchev–Trinajstić information content (AvgIpc) is 3.01. The monoisotopic (exact) mass is 382 g/mol. The molecule has 6 nitrogen and oxygen atoms in total. The Bertz CT molecular complexity index is 520. The van der Waals surface area contributed by atoms with Crippen LogP contribution in [0.15, 0.2) is 12.2 Å². The van der Waals surface area contributed by atoms with Crippen LogP contribution in [-0.4, -0.2) is 49.3 Å². The Labute approximate surface area is 164 Å². The van der Waals surface area contributed by atoms with Gasteiger partial charge in [0.1, 0.15) is 6.04 Å². The summed E-state index contributed by atoms with van der Waals surface area (Å²) < 4.78 is 11.3. The number of carbonyl (C=O) groups excluding carboxylic acids is 2. The Morgan fingerprint density at radius 1 is 1.37 bits per heavy atom. The van der Waals surface area contributed by atoms with Crippen LogP contribution in [0.1, 0.15) is 60.8 Å². The van der Waals surface area contributed by atoms with Gasteiger partial charge in [-0.1, -0.05) is 39.3 Å². The Balaban J connectivity index is 3.09. The van der Waals surface area contributed by atoms with E-state index in [1.165, 1.54) is 6.92 Å². The fourth-order valence-electron chi connectivity index (χ4n) is 3.87. The molecule has 0 radical (unpaired) electrons. The van der Waals surface area contributed by atoms with E-state index in [0.717, 1.165) is 12.8 Å². The van der Waals surface area contributed by atoms with Gasteiger partial charge in [0.15, 0.2) is 0 Å². The van der Waals surface area contributed by atoms with Crippen molar-refractivity contribution in [1.82, 2.24) is 10.6 Å². The summed E-state index contributed by atoms with van der Waals surface area (Å²) in [4.78, 5) is 24.4. The highest BCUT2D eigenvalue weighted by molar-refractivity contribution is 5.77. The first-order valence-electron chi connectivity index (χ1n) is 10.1. The SMILES string of the molecule is CC=C[C@@H]1C[C@@H](C(=O)OCC(C)C)N[C@H]1[C@@H](NC(C)=O)[C@](C)(CCC)OC. The minimum Gasteiger partial charge on any atom is -0.464 e. The molecule has 0 saturated carbocycles. The van der Waals surface area contributed by atoms with Crippen LogP contribution in [0, 0.1) is 11.8 Å². The number of rotatable bonds is 10. The molecule has 156 valence electrons. The number of carbonyl (C=O) groups is 2. The third kappa shape index (κ3) is 6.61. The van der Waals surface area contributed by atoms with Crippen LogP contribution < -0.4 is 10.6 Å². The van der Waals surface area contributed by atoms with Crippen molar-refractivity contribution in [3.8, 4) is 0 Å². The molecule has 0 unspecified atom stereocenters. The number of hydrogen-bond donors (Lipinski definition) is 2. The van der Waals surface area contributed by atoms with Gasteiger partial charge < -0.3 is 14.8 Å². The Kier molecular flexibility index (Phi) is 9.47. The van der Waals surface area contributed by atoms with Gasteiger partial charge in [0.2, 0.25) is 5.91 Å². The maximum atomic E-state index is 12.5. The molecule has 0 aromatic heterocycles. The topological polar surface area (TPSA) is 76.7 Å². The molecule has 0 aromatic rings. The Hall–Kier alpha value is -1.40. The fourth-order valence-corrected chi connectivity index (χ4v) is 3.87. The van der Waals surface area contributed by atoms with Gasteiger partial charge in [-0.25, -0.2) is 0 Å². The lowest BCUT2D eigenvalue weighted by atomic mass is 9.81. The van der Waals surface area contributed by atoms with Crippen LogP contribution >= 0.6 is 0 Å². The molecule has 1 saturated heterocycles. The molecule has 1 aliphatic heterocycles. The average molecular weight is 383 g/mol. The predicted molar refractivity (Wildman–Crippen MR) is 107 cm³/mol. The highest BCUT2D eigenvalue weighted by Crippen LogP contribution is 2.33. The minimum atomic E-state index is -0.533. The Morgan fingerprint density at radius 2 is 2.04 bits per heavy atom. The first-order chi connectivity index (χ1) is 12.7. The Morgan fingerprint density at radius 3 is 2.52 bits per heavy atom. The smallest absolute Gasteiger partial charge is 0.323 e. The minimum absolute atomic E-state index is 0.105. The molecule has 1 fully saturated rings. The van der Waals surface area contributed by atoms with Crippen molar-refractivity contribution in [2.75, 3.05) is 13.7 Å². The van der Waals surface area contributed by atoms with E-state index in [-0.39, 0.29) is 35.9 Å². The van der Waals surface area contributed by atoms with Crippen LogP contribution in [-0.2, 0) is 19.1 Å². The van der Waals surface area contributed by atoms with Crippen LogP contribution in [0.3, 0.4) is 0 Å². The summed E-state index contributed by atoms with van der Waals surface area (Å²) in [5.41, 5.74) is -0.533. The zero-order valence-electron chi connectivity index (χ0n) is 18.0. The van der Waals surface area contributed by atoms with Gasteiger partial charge in [0.05, 0.1) is 18.2 Å². The second kappa shape index (κ2) is 10.8. The molecule has 5 atom stereocenters. The highest BCUT2D eigenvalue weighted by atomic mass is 16.5.